The molecule has 2 aromatic rings. The van der Waals surface area contributed by atoms with E-state index in [1.807, 2.05) is 29.1 Å². The predicted molar refractivity (Wildman–Crippen MR) is 71.3 cm³/mol. The van der Waals surface area contributed by atoms with Gasteiger partial charge < -0.3 is 4.74 Å². The maximum absolute atomic E-state index is 5.71. The van der Waals surface area contributed by atoms with Crippen molar-refractivity contribution in [1.82, 2.24) is 9.78 Å². The average Bonchev–Trinajstić information content (AvgIpc) is 2.79. The summed E-state index contributed by atoms with van der Waals surface area (Å²) in [6, 6.07) is 5.99. The molecule has 1 aromatic heterocycles. The Morgan fingerprint density at radius 3 is 2.59 bits per heavy atom. The van der Waals surface area contributed by atoms with Gasteiger partial charge >= 0.3 is 0 Å². The Bertz CT molecular complexity index is 471. The molecule has 0 aliphatic heterocycles. The first-order valence-electron chi connectivity index (χ1n) is 5.54. The van der Waals surface area contributed by atoms with Crippen molar-refractivity contribution in [3.05, 3.63) is 46.2 Å². The average molecular weight is 295 g/mol. The molecule has 4 heteroatoms. The molecule has 3 nitrogen and oxygen atoms in total. The van der Waals surface area contributed by atoms with Crippen molar-refractivity contribution >= 4 is 15.9 Å². The Balaban J connectivity index is 1.95. The monoisotopic (exact) mass is 294 g/mol. The van der Waals surface area contributed by atoms with Crippen LogP contribution in [0.4, 0.5) is 0 Å². The van der Waals surface area contributed by atoms with Gasteiger partial charge in [-0.25, -0.2) is 0 Å². The summed E-state index contributed by atoms with van der Waals surface area (Å²) in [5.41, 5.74) is 2.39. The van der Waals surface area contributed by atoms with Crippen molar-refractivity contribution < 1.29 is 4.74 Å². The molecule has 0 N–H and O–H groups in total. The van der Waals surface area contributed by atoms with Gasteiger partial charge in [0.2, 0.25) is 0 Å². The van der Waals surface area contributed by atoms with Crippen molar-refractivity contribution in [3.8, 4) is 5.75 Å². The van der Waals surface area contributed by atoms with Gasteiger partial charge in [-0.2, -0.15) is 5.10 Å². The molecule has 0 saturated heterocycles. The van der Waals surface area contributed by atoms with Gasteiger partial charge in [-0.1, -0.05) is 15.9 Å². The topological polar surface area (TPSA) is 27.1 Å². The highest BCUT2D eigenvalue weighted by Gasteiger charge is 2.03. The van der Waals surface area contributed by atoms with Crippen LogP contribution in [-0.4, -0.2) is 16.4 Å². The normalized spacial score (nSPS) is 10.5. The lowest BCUT2D eigenvalue weighted by atomic mass is 10.1. The number of aryl methyl sites for hydroxylation is 2. The van der Waals surface area contributed by atoms with Crippen LogP contribution in [0.5, 0.6) is 5.75 Å². The lowest BCUT2D eigenvalue weighted by Crippen LogP contribution is -2.08. The molecule has 0 amide bonds. The van der Waals surface area contributed by atoms with E-state index < -0.39 is 0 Å². The second-order valence-electron chi connectivity index (χ2n) is 3.99. The van der Waals surface area contributed by atoms with Crippen molar-refractivity contribution in [1.29, 1.82) is 0 Å². The molecular formula is C13H15BrN2O. The summed E-state index contributed by atoms with van der Waals surface area (Å²) < 4.78 is 8.72. The molecule has 90 valence electrons. The Morgan fingerprint density at radius 1 is 1.29 bits per heavy atom. The molecule has 0 atom stereocenters. The number of ether oxygens (including phenoxy) is 1. The van der Waals surface area contributed by atoms with Gasteiger partial charge in [0.05, 0.1) is 6.54 Å². The third kappa shape index (κ3) is 3.09. The zero-order valence-electron chi connectivity index (χ0n) is 9.98. The van der Waals surface area contributed by atoms with E-state index in [9.17, 15) is 0 Å². The van der Waals surface area contributed by atoms with Crippen LogP contribution in [0.3, 0.4) is 0 Å². The minimum absolute atomic E-state index is 0.627. The largest absolute Gasteiger partial charge is 0.492 e. The summed E-state index contributed by atoms with van der Waals surface area (Å²) in [4.78, 5) is 0. The number of aromatic nitrogens is 2. The standard InChI is InChI=1S/C13H15BrN2O/c1-10-8-12(9-11(2)13(10)14)17-7-6-16-5-3-4-15-16/h3-5,8-9H,6-7H2,1-2H3. The molecule has 17 heavy (non-hydrogen) atoms. The summed E-state index contributed by atoms with van der Waals surface area (Å²) in [5.74, 6) is 0.912. The van der Waals surface area contributed by atoms with Gasteiger partial charge in [-0.15, -0.1) is 0 Å². The SMILES string of the molecule is Cc1cc(OCCn2cccn2)cc(C)c1Br. The Kier molecular flexibility index (Phi) is 3.84. The smallest absolute Gasteiger partial charge is 0.119 e. The van der Waals surface area contributed by atoms with Crippen LogP contribution in [0.1, 0.15) is 11.1 Å². The second kappa shape index (κ2) is 5.36. The van der Waals surface area contributed by atoms with E-state index in [4.69, 9.17) is 4.74 Å². The molecule has 1 aromatic carbocycles. The van der Waals surface area contributed by atoms with Crippen LogP contribution in [-0.2, 0) is 6.54 Å². The molecule has 0 fully saturated rings. The number of hydrogen-bond acceptors (Lipinski definition) is 2. The third-order valence-electron chi connectivity index (χ3n) is 2.56. The summed E-state index contributed by atoms with van der Waals surface area (Å²) in [6.45, 7) is 5.53. The van der Waals surface area contributed by atoms with Crippen LogP contribution in [0.15, 0.2) is 35.1 Å². The summed E-state index contributed by atoms with van der Waals surface area (Å²) in [5, 5.41) is 4.13. The fourth-order valence-electron chi connectivity index (χ4n) is 1.68. The molecule has 0 aliphatic rings. The van der Waals surface area contributed by atoms with E-state index in [2.05, 4.69) is 34.9 Å². The van der Waals surface area contributed by atoms with Crippen LogP contribution in [0.2, 0.25) is 0 Å². The Morgan fingerprint density at radius 2 is 2.00 bits per heavy atom. The van der Waals surface area contributed by atoms with Gasteiger partial charge in [-0.3, -0.25) is 4.68 Å². The fourth-order valence-corrected chi connectivity index (χ4v) is 1.91. The van der Waals surface area contributed by atoms with E-state index in [1.165, 1.54) is 11.1 Å². The van der Waals surface area contributed by atoms with Gasteiger partial charge in [0.25, 0.3) is 0 Å². The first-order valence-corrected chi connectivity index (χ1v) is 6.33. The second-order valence-corrected chi connectivity index (χ2v) is 4.78. The van der Waals surface area contributed by atoms with Crippen molar-refractivity contribution in [2.45, 2.75) is 20.4 Å². The zero-order valence-corrected chi connectivity index (χ0v) is 11.6. The van der Waals surface area contributed by atoms with E-state index in [0.29, 0.717) is 6.61 Å². The van der Waals surface area contributed by atoms with Gasteiger partial charge in [0.1, 0.15) is 12.4 Å². The Labute approximate surface area is 110 Å². The molecule has 1 heterocycles. The highest BCUT2D eigenvalue weighted by Crippen LogP contribution is 2.26. The number of benzene rings is 1. The number of rotatable bonds is 4. The van der Waals surface area contributed by atoms with E-state index in [-0.39, 0.29) is 0 Å². The van der Waals surface area contributed by atoms with Crippen molar-refractivity contribution in [2.24, 2.45) is 0 Å². The van der Waals surface area contributed by atoms with E-state index in [1.54, 1.807) is 6.20 Å². The highest BCUT2D eigenvalue weighted by atomic mass is 79.9. The summed E-state index contributed by atoms with van der Waals surface area (Å²) in [6.07, 6.45) is 3.70. The molecule has 0 aliphatic carbocycles. The quantitative estimate of drug-likeness (QED) is 0.865. The maximum Gasteiger partial charge on any atom is 0.119 e. The van der Waals surface area contributed by atoms with Gasteiger partial charge in [0, 0.05) is 16.9 Å². The molecular weight excluding hydrogens is 280 g/mol. The van der Waals surface area contributed by atoms with Gasteiger partial charge in [-0.05, 0) is 43.2 Å². The van der Waals surface area contributed by atoms with Crippen LogP contribution in [0, 0.1) is 13.8 Å². The van der Waals surface area contributed by atoms with Crippen LogP contribution in [0.25, 0.3) is 0 Å². The summed E-state index contributed by atoms with van der Waals surface area (Å²) in [7, 11) is 0. The minimum Gasteiger partial charge on any atom is -0.492 e. The third-order valence-corrected chi connectivity index (χ3v) is 3.81. The molecule has 2 rings (SSSR count). The van der Waals surface area contributed by atoms with Crippen molar-refractivity contribution in [3.63, 3.8) is 0 Å². The first-order chi connectivity index (χ1) is 8.16. The molecule has 0 radical (unpaired) electrons. The number of nitrogens with zero attached hydrogens (tertiary/aromatic N) is 2. The Hall–Kier alpha value is -1.29. The van der Waals surface area contributed by atoms with Crippen LogP contribution >= 0.6 is 15.9 Å². The maximum atomic E-state index is 5.71. The molecule has 0 bridgehead atoms. The summed E-state index contributed by atoms with van der Waals surface area (Å²) >= 11 is 3.54. The molecule has 0 spiro atoms. The van der Waals surface area contributed by atoms with Crippen molar-refractivity contribution in [2.75, 3.05) is 6.61 Å². The number of hydrogen-bond donors (Lipinski definition) is 0. The highest BCUT2D eigenvalue weighted by molar-refractivity contribution is 9.10. The zero-order chi connectivity index (χ0) is 12.3. The molecule has 0 unspecified atom stereocenters. The lowest BCUT2D eigenvalue weighted by Gasteiger charge is -2.10. The molecule has 0 saturated carbocycles. The fraction of sp³-hybridized carbons (Fsp3) is 0.308. The van der Waals surface area contributed by atoms with E-state index >= 15 is 0 Å². The number of halogens is 1. The first kappa shape index (κ1) is 12.2. The lowest BCUT2D eigenvalue weighted by molar-refractivity contribution is 0.291. The van der Waals surface area contributed by atoms with Gasteiger partial charge in [0.15, 0.2) is 0 Å². The minimum atomic E-state index is 0.627. The predicted octanol–water partition coefficient (Wildman–Crippen LogP) is 3.34. The van der Waals surface area contributed by atoms with E-state index in [0.717, 1.165) is 16.8 Å². The van der Waals surface area contributed by atoms with Crippen LogP contribution < -0.4 is 4.74 Å².